The van der Waals surface area contributed by atoms with Crippen molar-refractivity contribution in [2.75, 3.05) is 33.7 Å². The summed E-state index contributed by atoms with van der Waals surface area (Å²) in [6.07, 6.45) is 7.34. The van der Waals surface area contributed by atoms with Crippen LogP contribution in [-0.2, 0) is 9.59 Å². The van der Waals surface area contributed by atoms with E-state index in [9.17, 15) is 9.59 Å². The summed E-state index contributed by atoms with van der Waals surface area (Å²) in [5.74, 6) is 0.615. The first kappa shape index (κ1) is 20.1. The normalized spacial score (nSPS) is 10.9. The number of unbranched alkanes of at least 4 members (excludes halogenated alkanes) is 4. The van der Waals surface area contributed by atoms with E-state index in [1.54, 1.807) is 0 Å². The van der Waals surface area contributed by atoms with Crippen LogP contribution in [-0.4, -0.2) is 55.2 Å². The van der Waals surface area contributed by atoms with Crippen molar-refractivity contribution < 1.29 is 9.59 Å². The van der Waals surface area contributed by atoms with Gasteiger partial charge in [-0.1, -0.05) is 33.1 Å². The summed E-state index contributed by atoms with van der Waals surface area (Å²) in [5, 5.41) is 0. The third kappa shape index (κ3) is 11.4. The van der Waals surface area contributed by atoms with Crippen molar-refractivity contribution in [2.45, 2.75) is 65.2 Å². The molecule has 0 aromatic heterocycles. The van der Waals surface area contributed by atoms with Gasteiger partial charge in [0.25, 0.3) is 0 Å². The lowest BCUT2D eigenvalue weighted by Crippen LogP contribution is -2.34. The van der Waals surface area contributed by atoms with E-state index < -0.39 is 0 Å². The number of amides is 1. The zero-order chi connectivity index (χ0) is 16.1. The molecule has 0 fully saturated rings. The number of rotatable bonds is 13. The summed E-state index contributed by atoms with van der Waals surface area (Å²) in [6.45, 7) is 6.80. The molecule has 1 amide bonds. The highest BCUT2D eigenvalue weighted by molar-refractivity contribution is 5.77. The molecule has 0 aliphatic heterocycles. The van der Waals surface area contributed by atoms with Gasteiger partial charge in [-0.15, -0.1) is 0 Å². The van der Waals surface area contributed by atoms with Crippen LogP contribution in [0.15, 0.2) is 0 Å². The molecule has 0 spiro atoms. The zero-order valence-corrected chi connectivity index (χ0v) is 14.5. The molecule has 0 aliphatic rings. The van der Waals surface area contributed by atoms with Gasteiger partial charge in [0.15, 0.2) is 0 Å². The zero-order valence-electron chi connectivity index (χ0n) is 14.5. The molecule has 0 heterocycles. The average Bonchev–Trinajstić information content (AvgIpc) is 2.50. The standard InChI is InChI=1S/C17H34N2O2/c1-5-16(20)12-10-8-7-9-11-13-17(21)19(4)15-14-18(3)6-2/h5-15H2,1-4H3. The number of nitrogens with zero attached hydrogens (tertiary/aromatic N) is 2. The van der Waals surface area contributed by atoms with Gasteiger partial charge in [-0.25, -0.2) is 0 Å². The minimum atomic E-state index is 0.251. The van der Waals surface area contributed by atoms with E-state index in [1.807, 2.05) is 18.9 Å². The number of carbonyl (C=O) groups is 2. The molecule has 0 aromatic carbocycles. The third-order valence-electron chi connectivity index (χ3n) is 4.02. The molecule has 4 nitrogen and oxygen atoms in total. The number of hydrogen-bond acceptors (Lipinski definition) is 3. The first-order chi connectivity index (χ1) is 10.0. The van der Waals surface area contributed by atoms with Crippen LogP contribution in [0.3, 0.4) is 0 Å². The first-order valence-corrected chi connectivity index (χ1v) is 8.45. The predicted molar refractivity (Wildman–Crippen MR) is 88.4 cm³/mol. The van der Waals surface area contributed by atoms with Gasteiger partial charge in [0.1, 0.15) is 5.78 Å². The summed E-state index contributed by atoms with van der Waals surface area (Å²) in [6, 6.07) is 0. The van der Waals surface area contributed by atoms with E-state index in [0.717, 1.165) is 58.2 Å². The van der Waals surface area contributed by atoms with Crippen LogP contribution in [0.5, 0.6) is 0 Å². The Hall–Kier alpha value is -0.900. The molecule has 0 aliphatic carbocycles. The van der Waals surface area contributed by atoms with Crippen molar-refractivity contribution in [1.82, 2.24) is 9.80 Å². The van der Waals surface area contributed by atoms with Crippen LogP contribution in [0.2, 0.25) is 0 Å². The van der Waals surface area contributed by atoms with Crippen molar-refractivity contribution in [2.24, 2.45) is 0 Å². The Morgan fingerprint density at radius 2 is 1.38 bits per heavy atom. The van der Waals surface area contributed by atoms with Gasteiger partial charge in [0, 0.05) is 39.4 Å². The number of hydrogen-bond donors (Lipinski definition) is 0. The molecule has 0 saturated carbocycles. The third-order valence-corrected chi connectivity index (χ3v) is 4.02. The van der Waals surface area contributed by atoms with Crippen molar-refractivity contribution >= 4 is 11.7 Å². The predicted octanol–water partition coefficient (Wildman–Crippen LogP) is 3.11. The van der Waals surface area contributed by atoms with E-state index in [-0.39, 0.29) is 5.91 Å². The maximum absolute atomic E-state index is 11.9. The van der Waals surface area contributed by atoms with Crippen LogP contribution in [0.1, 0.15) is 65.2 Å². The highest BCUT2D eigenvalue weighted by Crippen LogP contribution is 2.09. The Kier molecular flexibility index (Phi) is 12.3. The van der Waals surface area contributed by atoms with E-state index in [4.69, 9.17) is 0 Å². The topological polar surface area (TPSA) is 40.6 Å². The van der Waals surface area contributed by atoms with Gasteiger partial charge in [-0.3, -0.25) is 9.59 Å². The second-order valence-electron chi connectivity index (χ2n) is 5.87. The fraction of sp³-hybridized carbons (Fsp3) is 0.882. The van der Waals surface area contributed by atoms with Crippen LogP contribution in [0.25, 0.3) is 0 Å². The molecule has 0 saturated heterocycles. The lowest BCUT2D eigenvalue weighted by atomic mass is 10.1. The number of Topliss-reactive ketones (excluding diaryl/α,β-unsaturated/α-hetero) is 1. The van der Waals surface area contributed by atoms with Crippen LogP contribution in [0, 0.1) is 0 Å². The summed E-state index contributed by atoms with van der Waals surface area (Å²) in [7, 11) is 3.96. The first-order valence-electron chi connectivity index (χ1n) is 8.45. The van der Waals surface area contributed by atoms with E-state index in [1.165, 1.54) is 0 Å². The summed E-state index contributed by atoms with van der Waals surface area (Å²) < 4.78 is 0. The Morgan fingerprint density at radius 3 is 1.95 bits per heavy atom. The van der Waals surface area contributed by atoms with Gasteiger partial charge in [0.05, 0.1) is 0 Å². The largest absolute Gasteiger partial charge is 0.344 e. The lowest BCUT2D eigenvalue weighted by molar-refractivity contribution is -0.130. The van der Waals surface area contributed by atoms with Crippen molar-refractivity contribution in [3.8, 4) is 0 Å². The van der Waals surface area contributed by atoms with Crippen molar-refractivity contribution in [3.63, 3.8) is 0 Å². The fourth-order valence-corrected chi connectivity index (χ4v) is 2.10. The van der Waals surface area contributed by atoms with Crippen LogP contribution < -0.4 is 0 Å². The molecule has 0 atom stereocenters. The van der Waals surface area contributed by atoms with Gasteiger partial charge >= 0.3 is 0 Å². The van der Waals surface area contributed by atoms with Gasteiger partial charge in [-0.05, 0) is 26.4 Å². The molecule has 0 aromatic rings. The summed E-state index contributed by atoms with van der Waals surface area (Å²) in [4.78, 5) is 27.1. The highest BCUT2D eigenvalue weighted by Gasteiger charge is 2.08. The fourth-order valence-electron chi connectivity index (χ4n) is 2.10. The SMILES string of the molecule is CCC(=O)CCCCCCCC(=O)N(C)CCN(C)CC. The monoisotopic (exact) mass is 298 g/mol. The quantitative estimate of drug-likeness (QED) is 0.491. The number of carbonyl (C=O) groups excluding carboxylic acids is 2. The number of likely N-dealkylation sites (N-methyl/N-ethyl adjacent to an activating group) is 2. The maximum atomic E-state index is 11.9. The molecular weight excluding hydrogens is 264 g/mol. The van der Waals surface area contributed by atoms with Crippen molar-refractivity contribution in [3.05, 3.63) is 0 Å². The van der Waals surface area contributed by atoms with E-state index >= 15 is 0 Å². The molecule has 124 valence electrons. The molecule has 0 unspecified atom stereocenters. The summed E-state index contributed by atoms with van der Waals surface area (Å²) in [5.41, 5.74) is 0. The van der Waals surface area contributed by atoms with Crippen molar-refractivity contribution in [1.29, 1.82) is 0 Å². The van der Waals surface area contributed by atoms with Gasteiger partial charge in [0.2, 0.25) is 5.91 Å². The molecule has 21 heavy (non-hydrogen) atoms. The minimum absolute atomic E-state index is 0.251. The minimum Gasteiger partial charge on any atom is -0.344 e. The Balaban J connectivity index is 3.50. The van der Waals surface area contributed by atoms with Crippen LogP contribution >= 0.6 is 0 Å². The second-order valence-corrected chi connectivity index (χ2v) is 5.87. The molecule has 0 bridgehead atoms. The smallest absolute Gasteiger partial charge is 0.222 e. The lowest BCUT2D eigenvalue weighted by Gasteiger charge is -2.21. The van der Waals surface area contributed by atoms with E-state index in [2.05, 4.69) is 18.9 Å². The maximum Gasteiger partial charge on any atom is 0.222 e. The number of ketones is 1. The molecule has 0 N–H and O–H groups in total. The average molecular weight is 298 g/mol. The molecule has 0 radical (unpaired) electrons. The Labute approximate surface area is 130 Å². The van der Waals surface area contributed by atoms with Gasteiger partial charge in [-0.2, -0.15) is 0 Å². The Morgan fingerprint density at radius 1 is 0.810 bits per heavy atom. The highest BCUT2D eigenvalue weighted by atomic mass is 16.2. The second kappa shape index (κ2) is 12.8. The van der Waals surface area contributed by atoms with Gasteiger partial charge < -0.3 is 9.80 Å². The molecule has 4 heteroatoms. The molecule has 0 rings (SSSR count). The Bertz CT molecular complexity index is 293. The van der Waals surface area contributed by atoms with Crippen LogP contribution in [0.4, 0.5) is 0 Å². The molecular formula is C17H34N2O2. The summed E-state index contributed by atoms with van der Waals surface area (Å²) >= 11 is 0. The van der Waals surface area contributed by atoms with E-state index in [0.29, 0.717) is 18.6 Å².